The highest BCUT2D eigenvalue weighted by Gasteiger charge is 2.25. The van der Waals surface area contributed by atoms with Crippen molar-refractivity contribution in [2.45, 2.75) is 26.9 Å². The van der Waals surface area contributed by atoms with Crippen LogP contribution in [0.1, 0.15) is 32.4 Å². The van der Waals surface area contributed by atoms with E-state index in [1.165, 1.54) is 0 Å². The van der Waals surface area contributed by atoms with Gasteiger partial charge >= 0.3 is 0 Å². The Hall–Kier alpha value is -1.22. The molecule has 3 heteroatoms. The average molecular weight is 222 g/mol. The predicted octanol–water partition coefficient (Wildman–Crippen LogP) is 2.54. The van der Waals surface area contributed by atoms with E-state index in [9.17, 15) is 5.11 Å². The molecule has 0 saturated heterocycles. The van der Waals surface area contributed by atoms with Gasteiger partial charge < -0.3 is 14.6 Å². The maximum absolute atomic E-state index is 9.50. The fraction of sp³-hybridized carbons (Fsp3) is 0.538. The molecule has 2 rings (SSSR count). The Morgan fingerprint density at radius 1 is 1.19 bits per heavy atom. The Labute approximate surface area is 96.0 Å². The molecule has 0 aromatic heterocycles. The molecular weight excluding hydrogens is 204 g/mol. The normalized spacial score (nSPS) is 20.0. The zero-order valence-corrected chi connectivity index (χ0v) is 9.99. The van der Waals surface area contributed by atoms with Gasteiger partial charge in [-0.1, -0.05) is 19.9 Å². The van der Waals surface area contributed by atoms with Crippen LogP contribution in [-0.2, 0) is 0 Å². The second-order valence-electron chi connectivity index (χ2n) is 5.12. The average Bonchev–Trinajstić information content (AvgIpc) is 2.38. The Balaban J connectivity index is 2.29. The van der Waals surface area contributed by atoms with Gasteiger partial charge in [-0.3, -0.25) is 0 Å². The molecule has 0 radical (unpaired) electrons. The molecule has 3 nitrogen and oxygen atoms in total. The van der Waals surface area contributed by atoms with Crippen LogP contribution < -0.4 is 9.47 Å². The summed E-state index contributed by atoms with van der Waals surface area (Å²) in [6.45, 7) is 7.23. The van der Waals surface area contributed by atoms with Crippen LogP contribution in [0.4, 0.5) is 0 Å². The van der Waals surface area contributed by atoms with Gasteiger partial charge in [0, 0.05) is 5.41 Å². The third-order valence-electron chi connectivity index (χ3n) is 2.69. The lowest BCUT2D eigenvalue weighted by atomic mass is 9.97. The first-order chi connectivity index (χ1) is 7.48. The van der Waals surface area contributed by atoms with Gasteiger partial charge in [0.1, 0.15) is 0 Å². The lowest BCUT2D eigenvalue weighted by molar-refractivity contribution is 0.140. The molecule has 0 bridgehead atoms. The summed E-state index contributed by atoms with van der Waals surface area (Å²) in [5.41, 5.74) is 0.867. The van der Waals surface area contributed by atoms with Crippen molar-refractivity contribution >= 4 is 0 Å². The second-order valence-corrected chi connectivity index (χ2v) is 5.12. The number of aliphatic hydroxyl groups is 1. The number of hydrogen-bond donors (Lipinski definition) is 1. The summed E-state index contributed by atoms with van der Waals surface area (Å²) in [6, 6.07) is 5.57. The molecule has 1 aliphatic rings. The van der Waals surface area contributed by atoms with Crippen molar-refractivity contribution < 1.29 is 14.6 Å². The summed E-state index contributed by atoms with van der Waals surface area (Å²) >= 11 is 0. The van der Waals surface area contributed by atoms with Gasteiger partial charge in [0.05, 0.1) is 19.3 Å². The van der Waals surface area contributed by atoms with Gasteiger partial charge in [0.15, 0.2) is 11.5 Å². The van der Waals surface area contributed by atoms with Crippen LogP contribution in [-0.4, -0.2) is 18.3 Å². The lowest BCUT2D eigenvalue weighted by Gasteiger charge is -2.19. The molecule has 0 spiro atoms. The lowest BCUT2D eigenvalue weighted by Crippen LogP contribution is -2.26. The molecule has 16 heavy (non-hydrogen) atoms. The highest BCUT2D eigenvalue weighted by Crippen LogP contribution is 2.35. The van der Waals surface area contributed by atoms with E-state index in [-0.39, 0.29) is 5.41 Å². The first kappa shape index (κ1) is 11.3. The van der Waals surface area contributed by atoms with Crippen LogP contribution in [0.3, 0.4) is 0 Å². The number of fused-ring (bicyclic) bond motifs is 1. The molecular formula is C13H18O3. The van der Waals surface area contributed by atoms with Crippen molar-refractivity contribution in [3.05, 3.63) is 23.8 Å². The Morgan fingerprint density at radius 3 is 2.44 bits per heavy atom. The van der Waals surface area contributed by atoms with Gasteiger partial charge in [0.25, 0.3) is 0 Å². The van der Waals surface area contributed by atoms with Crippen LogP contribution in [0, 0.1) is 5.41 Å². The molecule has 0 aliphatic carbocycles. The zero-order valence-electron chi connectivity index (χ0n) is 9.99. The van der Waals surface area contributed by atoms with Gasteiger partial charge in [-0.05, 0) is 24.6 Å². The van der Waals surface area contributed by atoms with Crippen LogP contribution in [0.2, 0.25) is 0 Å². The first-order valence-corrected chi connectivity index (χ1v) is 5.55. The fourth-order valence-electron chi connectivity index (χ4n) is 1.60. The van der Waals surface area contributed by atoms with Gasteiger partial charge in [-0.15, -0.1) is 0 Å². The number of ether oxygens (including phenoxy) is 2. The molecule has 0 fully saturated rings. The number of rotatable bonds is 1. The molecule has 1 aliphatic heterocycles. The summed E-state index contributed by atoms with van der Waals surface area (Å²) in [4.78, 5) is 0. The quantitative estimate of drug-likeness (QED) is 0.793. The summed E-state index contributed by atoms with van der Waals surface area (Å²) in [5.74, 6) is 1.49. The minimum Gasteiger partial charge on any atom is -0.489 e. The monoisotopic (exact) mass is 222 g/mol. The summed E-state index contributed by atoms with van der Waals surface area (Å²) in [7, 11) is 0. The van der Waals surface area contributed by atoms with E-state index in [1.807, 2.05) is 18.2 Å². The van der Waals surface area contributed by atoms with Crippen LogP contribution >= 0.6 is 0 Å². The fourth-order valence-corrected chi connectivity index (χ4v) is 1.60. The molecule has 1 atom stereocenters. The molecule has 1 aromatic carbocycles. The van der Waals surface area contributed by atoms with E-state index < -0.39 is 6.10 Å². The largest absolute Gasteiger partial charge is 0.489 e. The van der Waals surface area contributed by atoms with Crippen molar-refractivity contribution in [1.29, 1.82) is 0 Å². The minimum atomic E-state index is -0.481. The topological polar surface area (TPSA) is 38.7 Å². The number of benzene rings is 1. The molecule has 0 amide bonds. The summed E-state index contributed by atoms with van der Waals surface area (Å²) in [6.07, 6.45) is -0.481. The second kappa shape index (κ2) is 3.98. The van der Waals surface area contributed by atoms with Crippen molar-refractivity contribution in [1.82, 2.24) is 0 Å². The molecule has 1 unspecified atom stereocenters. The Bertz CT molecular complexity index is 383. The summed E-state index contributed by atoms with van der Waals surface area (Å²) in [5, 5.41) is 9.50. The zero-order chi connectivity index (χ0) is 11.8. The van der Waals surface area contributed by atoms with E-state index in [0.717, 1.165) is 17.1 Å². The third kappa shape index (κ3) is 2.30. The Kier molecular flexibility index (Phi) is 2.80. The van der Waals surface area contributed by atoms with E-state index in [2.05, 4.69) is 13.8 Å². The molecule has 1 heterocycles. The maximum Gasteiger partial charge on any atom is 0.161 e. The van der Waals surface area contributed by atoms with Crippen LogP contribution in [0.15, 0.2) is 18.2 Å². The SMILES string of the molecule is CC(O)c1ccc2c(c1)OCC(C)(C)CO2. The maximum atomic E-state index is 9.50. The van der Waals surface area contributed by atoms with Gasteiger partial charge in [-0.25, -0.2) is 0 Å². The number of hydrogen-bond acceptors (Lipinski definition) is 3. The predicted molar refractivity (Wildman–Crippen MR) is 61.8 cm³/mol. The highest BCUT2D eigenvalue weighted by molar-refractivity contribution is 5.44. The van der Waals surface area contributed by atoms with Crippen molar-refractivity contribution in [3.8, 4) is 11.5 Å². The molecule has 1 aromatic rings. The van der Waals surface area contributed by atoms with E-state index >= 15 is 0 Å². The highest BCUT2D eigenvalue weighted by atomic mass is 16.5. The molecule has 1 N–H and O–H groups in total. The van der Waals surface area contributed by atoms with E-state index in [4.69, 9.17) is 9.47 Å². The van der Waals surface area contributed by atoms with E-state index in [1.54, 1.807) is 6.92 Å². The van der Waals surface area contributed by atoms with Gasteiger partial charge in [0.2, 0.25) is 0 Å². The minimum absolute atomic E-state index is 0.0179. The van der Waals surface area contributed by atoms with Gasteiger partial charge in [-0.2, -0.15) is 0 Å². The molecule has 88 valence electrons. The van der Waals surface area contributed by atoms with Crippen molar-refractivity contribution in [2.24, 2.45) is 5.41 Å². The summed E-state index contributed by atoms with van der Waals surface area (Å²) < 4.78 is 11.4. The standard InChI is InChI=1S/C13H18O3/c1-9(14)10-4-5-11-12(6-10)16-8-13(2,3)7-15-11/h4-6,9,14H,7-8H2,1-3H3. The molecule has 0 saturated carbocycles. The van der Waals surface area contributed by atoms with Crippen molar-refractivity contribution in [2.75, 3.05) is 13.2 Å². The van der Waals surface area contributed by atoms with E-state index in [0.29, 0.717) is 13.2 Å². The third-order valence-corrected chi connectivity index (χ3v) is 2.69. The first-order valence-electron chi connectivity index (χ1n) is 5.55. The van der Waals surface area contributed by atoms with Crippen LogP contribution in [0.5, 0.6) is 11.5 Å². The smallest absolute Gasteiger partial charge is 0.161 e. The van der Waals surface area contributed by atoms with Crippen molar-refractivity contribution in [3.63, 3.8) is 0 Å². The number of aliphatic hydroxyl groups excluding tert-OH is 1. The Morgan fingerprint density at radius 2 is 1.81 bits per heavy atom. The van der Waals surface area contributed by atoms with Crippen LogP contribution in [0.25, 0.3) is 0 Å².